The molecule has 0 aliphatic heterocycles. The molecular weight excluding hydrogens is 264 g/mol. The molecule has 0 radical (unpaired) electrons. The molecule has 4 nitrogen and oxygen atoms in total. The number of imidazole rings is 1. The first kappa shape index (κ1) is 17.9. The number of H-pyrrole nitrogens is 1. The number of nitrogens with zero attached hydrogens (tertiary/aromatic N) is 1. The van der Waals surface area contributed by atoms with Crippen molar-refractivity contribution < 1.29 is 9.90 Å². The normalized spacial score (nSPS) is 11.0. The third-order valence-electron chi connectivity index (χ3n) is 3.78. The molecule has 0 atom stereocenters. The van der Waals surface area contributed by atoms with Gasteiger partial charge in [0.15, 0.2) is 5.78 Å². The lowest BCUT2D eigenvalue weighted by Gasteiger charge is -2.01. The Morgan fingerprint density at radius 1 is 1.10 bits per heavy atom. The lowest BCUT2D eigenvalue weighted by atomic mass is 10.0. The number of aromatic nitrogens is 2. The summed E-state index contributed by atoms with van der Waals surface area (Å²) in [5.41, 5.74) is 0.581. The molecule has 0 aliphatic rings. The van der Waals surface area contributed by atoms with Gasteiger partial charge in [-0.05, 0) is 6.42 Å². The molecule has 0 unspecified atom stereocenters. The van der Waals surface area contributed by atoms with E-state index < -0.39 is 0 Å². The summed E-state index contributed by atoms with van der Waals surface area (Å²) in [6.45, 7) is 2.29. The van der Waals surface area contributed by atoms with Crippen LogP contribution in [0, 0.1) is 0 Å². The van der Waals surface area contributed by atoms with Gasteiger partial charge in [-0.15, -0.1) is 0 Å². The van der Waals surface area contributed by atoms with E-state index in [1.807, 2.05) is 0 Å². The van der Waals surface area contributed by atoms with E-state index in [-0.39, 0.29) is 12.4 Å². The number of ketones is 1. The first-order valence-electron chi connectivity index (χ1n) is 8.46. The smallest absolute Gasteiger partial charge is 0.180 e. The molecule has 0 bridgehead atoms. The summed E-state index contributed by atoms with van der Waals surface area (Å²) < 4.78 is 0. The summed E-state index contributed by atoms with van der Waals surface area (Å²) in [7, 11) is 0. The summed E-state index contributed by atoms with van der Waals surface area (Å²) in [5, 5.41) is 8.81. The highest BCUT2D eigenvalue weighted by molar-refractivity contribution is 5.94. The molecule has 0 fully saturated rings. The van der Waals surface area contributed by atoms with Crippen LogP contribution in [0.4, 0.5) is 0 Å². The summed E-state index contributed by atoms with van der Waals surface area (Å²) in [5.74, 6) is 0.822. The molecule has 2 N–H and O–H groups in total. The number of unbranched alkanes of at least 4 members (excludes halogenated alkanes) is 8. The number of hydrogen-bond donors (Lipinski definition) is 2. The van der Waals surface area contributed by atoms with Gasteiger partial charge in [0.2, 0.25) is 0 Å². The lowest BCUT2D eigenvalue weighted by Crippen LogP contribution is -2.00. The molecule has 120 valence electrons. The highest BCUT2D eigenvalue weighted by Crippen LogP contribution is 2.12. The molecule has 1 aromatic heterocycles. The first-order chi connectivity index (χ1) is 10.3. The van der Waals surface area contributed by atoms with Crippen molar-refractivity contribution in [2.75, 3.05) is 6.61 Å². The van der Waals surface area contributed by atoms with Gasteiger partial charge in [-0.1, -0.05) is 58.3 Å². The van der Waals surface area contributed by atoms with Crippen molar-refractivity contribution in [2.45, 2.75) is 77.6 Å². The molecule has 1 heterocycles. The predicted molar refractivity (Wildman–Crippen MR) is 85.6 cm³/mol. The van der Waals surface area contributed by atoms with Crippen LogP contribution in [-0.2, 0) is 6.42 Å². The second kappa shape index (κ2) is 11.5. The van der Waals surface area contributed by atoms with Crippen molar-refractivity contribution in [3.05, 3.63) is 17.7 Å². The number of rotatable bonds is 13. The number of aliphatic hydroxyl groups excluding tert-OH is 1. The highest BCUT2D eigenvalue weighted by atomic mass is 16.3. The van der Waals surface area contributed by atoms with Gasteiger partial charge >= 0.3 is 0 Å². The van der Waals surface area contributed by atoms with E-state index in [2.05, 4.69) is 16.9 Å². The standard InChI is InChI=1S/C17H30N2O2/c1-2-3-4-5-6-7-8-9-10-11-16(21)15-14-18-17(19-15)12-13-20/h14,20H,2-13H2,1H3,(H,18,19). The quantitative estimate of drug-likeness (QED) is 0.426. The van der Waals surface area contributed by atoms with Crippen LogP contribution in [0.2, 0.25) is 0 Å². The SMILES string of the molecule is CCCCCCCCCCCC(=O)c1cnc(CCO)[nH]1. The van der Waals surface area contributed by atoms with Gasteiger partial charge in [-0.25, -0.2) is 4.98 Å². The third kappa shape index (κ3) is 8.00. The van der Waals surface area contributed by atoms with Crippen LogP contribution in [-0.4, -0.2) is 27.5 Å². The summed E-state index contributed by atoms with van der Waals surface area (Å²) in [4.78, 5) is 19.0. The zero-order valence-electron chi connectivity index (χ0n) is 13.4. The Morgan fingerprint density at radius 3 is 2.33 bits per heavy atom. The van der Waals surface area contributed by atoms with Gasteiger partial charge < -0.3 is 10.1 Å². The van der Waals surface area contributed by atoms with Gasteiger partial charge in [-0.3, -0.25) is 4.79 Å². The first-order valence-corrected chi connectivity index (χ1v) is 8.46. The summed E-state index contributed by atoms with van der Waals surface area (Å²) >= 11 is 0. The van der Waals surface area contributed by atoms with E-state index in [9.17, 15) is 4.79 Å². The van der Waals surface area contributed by atoms with E-state index in [4.69, 9.17) is 5.11 Å². The number of nitrogens with one attached hydrogen (secondary N) is 1. The minimum atomic E-state index is 0.0550. The number of aliphatic hydroxyl groups is 1. The minimum absolute atomic E-state index is 0.0550. The Hall–Kier alpha value is -1.16. The number of aromatic amines is 1. The zero-order chi connectivity index (χ0) is 15.3. The minimum Gasteiger partial charge on any atom is -0.396 e. The van der Waals surface area contributed by atoms with Crippen LogP contribution >= 0.6 is 0 Å². The second-order valence-electron chi connectivity index (χ2n) is 5.72. The van der Waals surface area contributed by atoms with E-state index >= 15 is 0 Å². The second-order valence-corrected chi connectivity index (χ2v) is 5.72. The molecule has 0 saturated carbocycles. The molecule has 0 aliphatic carbocycles. The van der Waals surface area contributed by atoms with Crippen LogP contribution in [0.5, 0.6) is 0 Å². The van der Waals surface area contributed by atoms with Crippen molar-refractivity contribution in [1.82, 2.24) is 9.97 Å². The molecule has 4 heteroatoms. The molecule has 21 heavy (non-hydrogen) atoms. The van der Waals surface area contributed by atoms with Crippen LogP contribution in [0.15, 0.2) is 6.20 Å². The Labute approximate surface area is 128 Å². The zero-order valence-corrected chi connectivity index (χ0v) is 13.4. The van der Waals surface area contributed by atoms with Gasteiger partial charge in [-0.2, -0.15) is 0 Å². The lowest BCUT2D eigenvalue weighted by molar-refractivity contribution is 0.0974. The number of carbonyl (C=O) groups excluding carboxylic acids is 1. The Balaban J connectivity index is 2.02. The maximum atomic E-state index is 11.9. The fraction of sp³-hybridized carbons (Fsp3) is 0.765. The van der Waals surface area contributed by atoms with E-state index in [0.717, 1.165) is 12.8 Å². The van der Waals surface area contributed by atoms with Crippen LogP contribution in [0.1, 0.15) is 87.4 Å². The van der Waals surface area contributed by atoms with Crippen molar-refractivity contribution >= 4 is 5.78 Å². The van der Waals surface area contributed by atoms with E-state index in [0.29, 0.717) is 24.4 Å². The predicted octanol–water partition coefficient (Wildman–Crippen LogP) is 4.05. The fourth-order valence-electron chi connectivity index (χ4n) is 2.47. The fourth-order valence-corrected chi connectivity index (χ4v) is 2.47. The number of carbonyl (C=O) groups is 1. The van der Waals surface area contributed by atoms with Crippen molar-refractivity contribution in [3.8, 4) is 0 Å². The largest absolute Gasteiger partial charge is 0.396 e. The van der Waals surface area contributed by atoms with Crippen molar-refractivity contribution in [2.24, 2.45) is 0 Å². The maximum Gasteiger partial charge on any atom is 0.180 e. The molecular formula is C17H30N2O2. The van der Waals surface area contributed by atoms with Gasteiger partial charge in [0, 0.05) is 12.8 Å². The molecule has 0 saturated heterocycles. The van der Waals surface area contributed by atoms with Gasteiger partial charge in [0.1, 0.15) is 11.5 Å². The Morgan fingerprint density at radius 2 is 1.71 bits per heavy atom. The van der Waals surface area contributed by atoms with Crippen molar-refractivity contribution in [1.29, 1.82) is 0 Å². The number of Topliss-reactive ketones (excluding diaryl/α,β-unsaturated/α-hetero) is 1. The maximum absolute atomic E-state index is 11.9. The summed E-state index contributed by atoms with van der Waals surface area (Å²) in [6, 6.07) is 0. The molecule has 0 aromatic carbocycles. The molecule has 1 aromatic rings. The van der Waals surface area contributed by atoms with Crippen molar-refractivity contribution in [3.63, 3.8) is 0 Å². The topological polar surface area (TPSA) is 66.0 Å². The summed E-state index contributed by atoms with van der Waals surface area (Å²) in [6.07, 6.45) is 14.0. The average Bonchev–Trinajstić information content (AvgIpc) is 2.94. The Kier molecular flexibility index (Phi) is 9.79. The highest BCUT2D eigenvalue weighted by Gasteiger charge is 2.09. The third-order valence-corrected chi connectivity index (χ3v) is 3.78. The van der Waals surface area contributed by atoms with E-state index in [1.165, 1.54) is 44.9 Å². The van der Waals surface area contributed by atoms with Crippen LogP contribution in [0.3, 0.4) is 0 Å². The van der Waals surface area contributed by atoms with E-state index in [1.54, 1.807) is 6.20 Å². The Bertz CT molecular complexity index is 388. The van der Waals surface area contributed by atoms with Gasteiger partial charge in [0.05, 0.1) is 12.8 Å². The average molecular weight is 294 g/mol. The number of hydrogen-bond acceptors (Lipinski definition) is 3. The van der Waals surface area contributed by atoms with Gasteiger partial charge in [0.25, 0.3) is 0 Å². The van der Waals surface area contributed by atoms with Crippen LogP contribution < -0.4 is 0 Å². The molecule has 1 rings (SSSR count). The van der Waals surface area contributed by atoms with Crippen LogP contribution in [0.25, 0.3) is 0 Å². The molecule has 0 spiro atoms. The molecule has 0 amide bonds. The monoisotopic (exact) mass is 294 g/mol.